The maximum atomic E-state index is 13.4. The van der Waals surface area contributed by atoms with Crippen molar-refractivity contribution < 1.29 is 9.18 Å². The van der Waals surface area contributed by atoms with Gasteiger partial charge in [-0.15, -0.1) is 0 Å². The first-order valence-electron chi connectivity index (χ1n) is 10.4. The lowest BCUT2D eigenvalue weighted by Crippen LogP contribution is -2.34. The molecular weight excluding hydrogens is 403 g/mol. The van der Waals surface area contributed by atoms with Crippen molar-refractivity contribution in [1.29, 1.82) is 0 Å². The third-order valence-electron chi connectivity index (χ3n) is 5.62. The minimum absolute atomic E-state index is 0.114. The number of aromatic nitrogens is 2. The largest absolute Gasteiger partial charge is 0.343 e. The van der Waals surface area contributed by atoms with Gasteiger partial charge in [-0.3, -0.25) is 4.79 Å². The lowest BCUT2D eigenvalue weighted by Gasteiger charge is -2.18. The number of hydrogen-bond donors (Lipinski definition) is 2. The first-order valence-corrected chi connectivity index (χ1v) is 10.4. The van der Waals surface area contributed by atoms with Gasteiger partial charge in [0.05, 0.1) is 5.54 Å². The van der Waals surface area contributed by atoms with E-state index in [9.17, 15) is 9.18 Å². The van der Waals surface area contributed by atoms with Gasteiger partial charge >= 0.3 is 0 Å². The maximum Gasteiger partial charge on any atom is 0.252 e. The van der Waals surface area contributed by atoms with Crippen molar-refractivity contribution in [2.45, 2.75) is 18.4 Å². The normalized spacial score (nSPS) is 13.9. The Balaban J connectivity index is 1.29. The molecule has 4 aromatic rings. The number of nitrogens with one attached hydrogen (secondary N) is 2. The molecule has 0 atom stereocenters. The Labute approximate surface area is 185 Å². The van der Waals surface area contributed by atoms with Gasteiger partial charge in [-0.1, -0.05) is 48.5 Å². The Bertz CT molecular complexity index is 1250. The Kier molecular flexibility index (Phi) is 5.11. The van der Waals surface area contributed by atoms with Gasteiger partial charge in [0, 0.05) is 29.2 Å². The molecule has 0 unspecified atom stereocenters. The van der Waals surface area contributed by atoms with Gasteiger partial charge in [0.15, 0.2) is 0 Å². The molecule has 0 saturated heterocycles. The summed E-state index contributed by atoms with van der Waals surface area (Å²) in [4.78, 5) is 21.5. The van der Waals surface area contributed by atoms with E-state index in [1.807, 2.05) is 30.3 Å². The molecule has 3 aromatic carbocycles. The maximum absolute atomic E-state index is 13.4. The van der Waals surface area contributed by atoms with Crippen molar-refractivity contribution in [2.24, 2.45) is 0 Å². The molecule has 1 aliphatic rings. The second kappa shape index (κ2) is 8.23. The number of hydrogen-bond acceptors (Lipinski definition) is 4. The standard InChI is InChI=1S/C26H21FN4O/c27-22-10-4-6-18(14-22)20-16-28-25(29-17-20)30-23-11-5-7-19(15-23)24(32)31-26(12-13-26)21-8-2-1-3-9-21/h1-11,14-17H,12-13H2,(H,31,32)(H,28,29,30). The molecule has 6 heteroatoms. The van der Waals surface area contributed by atoms with E-state index >= 15 is 0 Å². The fraction of sp³-hybridized carbons (Fsp3) is 0.115. The lowest BCUT2D eigenvalue weighted by molar-refractivity contribution is 0.0931. The average molecular weight is 424 g/mol. The van der Waals surface area contributed by atoms with Crippen LogP contribution in [0, 0.1) is 5.82 Å². The van der Waals surface area contributed by atoms with Gasteiger partial charge in [0.1, 0.15) is 5.82 Å². The van der Waals surface area contributed by atoms with Gasteiger partial charge in [0.2, 0.25) is 5.95 Å². The highest BCUT2D eigenvalue weighted by atomic mass is 19.1. The van der Waals surface area contributed by atoms with E-state index in [-0.39, 0.29) is 17.3 Å². The van der Waals surface area contributed by atoms with Crippen LogP contribution in [-0.2, 0) is 5.54 Å². The third-order valence-corrected chi connectivity index (χ3v) is 5.62. The van der Waals surface area contributed by atoms with Crippen LogP contribution in [0.2, 0.25) is 0 Å². The molecular formula is C26H21FN4O. The van der Waals surface area contributed by atoms with Crippen LogP contribution in [0.4, 0.5) is 16.0 Å². The quantitative estimate of drug-likeness (QED) is 0.432. The highest BCUT2D eigenvalue weighted by Crippen LogP contribution is 2.45. The van der Waals surface area contributed by atoms with E-state index < -0.39 is 0 Å². The zero-order valence-electron chi connectivity index (χ0n) is 17.3. The topological polar surface area (TPSA) is 66.9 Å². The third kappa shape index (κ3) is 4.21. The zero-order chi connectivity index (χ0) is 22.0. The van der Waals surface area contributed by atoms with E-state index in [4.69, 9.17) is 0 Å². The summed E-state index contributed by atoms with van der Waals surface area (Å²) in [6, 6.07) is 23.6. The van der Waals surface area contributed by atoms with E-state index in [0.29, 0.717) is 22.8 Å². The summed E-state index contributed by atoms with van der Waals surface area (Å²) in [7, 11) is 0. The van der Waals surface area contributed by atoms with E-state index in [2.05, 4.69) is 32.7 Å². The van der Waals surface area contributed by atoms with Gasteiger partial charge < -0.3 is 10.6 Å². The van der Waals surface area contributed by atoms with Crippen molar-refractivity contribution in [2.75, 3.05) is 5.32 Å². The summed E-state index contributed by atoms with van der Waals surface area (Å²) in [6.07, 6.45) is 5.15. The molecule has 1 heterocycles. The summed E-state index contributed by atoms with van der Waals surface area (Å²) in [5.74, 6) is -0.0249. The Morgan fingerprint density at radius 2 is 1.59 bits per heavy atom. The van der Waals surface area contributed by atoms with Crippen molar-refractivity contribution in [3.8, 4) is 11.1 Å². The molecule has 1 aromatic heterocycles. The molecule has 0 bridgehead atoms. The van der Waals surface area contributed by atoms with Crippen LogP contribution in [0.1, 0.15) is 28.8 Å². The number of carbonyl (C=O) groups is 1. The number of rotatable bonds is 6. The van der Waals surface area contributed by atoms with Crippen LogP contribution in [0.25, 0.3) is 11.1 Å². The first kappa shape index (κ1) is 19.9. The van der Waals surface area contributed by atoms with Crippen LogP contribution in [0.3, 0.4) is 0 Å². The Morgan fingerprint density at radius 3 is 2.31 bits per heavy atom. The van der Waals surface area contributed by atoms with Crippen molar-refractivity contribution in [3.05, 3.63) is 108 Å². The number of amides is 1. The fourth-order valence-electron chi connectivity index (χ4n) is 3.73. The first-order chi connectivity index (χ1) is 15.6. The molecule has 5 nitrogen and oxygen atoms in total. The predicted octanol–water partition coefficient (Wildman–Crippen LogP) is 5.45. The zero-order valence-corrected chi connectivity index (χ0v) is 17.3. The SMILES string of the molecule is O=C(NC1(c2ccccc2)CC1)c1cccc(Nc2ncc(-c3cccc(F)c3)cn2)c1. The number of nitrogens with zero attached hydrogens (tertiary/aromatic N) is 2. The van der Waals surface area contributed by atoms with Crippen LogP contribution in [-0.4, -0.2) is 15.9 Å². The van der Waals surface area contributed by atoms with E-state index in [1.165, 1.54) is 12.1 Å². The number of benzene rings is 3. The Morgan fingerprint density at radius 1 is 0.844 bits per heavy atom. The van der Waals surface area contributed by atoms with Crippen molar-refractivity contribution in [1.82, 2.24) is 15.3 Å². The summed E-state index contributed by atoms with van der Waals surface area (Å²) in [5, 5.41) is 6.32. The molecule has 0 spiro atoms. The molecule has 0 radical (unpaired) electrons. The van der Waals surface area contributed by atoms with Crippen LogP contribution in [0.15, 0.2) is 91.3 Å². The second-order valence-corrected chi connectivity index (χ2v) is 7.91. The van der Waals surface area contributed by atoms with Crippen LogP contribution in [0.5, 0.6) is 0 Å². The van der Waals surface area contributed by atoms with Crippen LogP contribution < -0.4 is 10.6 Å². The van der Waals surface area contributed by atoms with Crippen molar-refractivity contribution >= 4 is 17.5 Å². The summed E-state index contributed by atoms with van der Waals surface area (Å²) < 4.78 is 13.4. The molecule has 5 rings (SSSR count). The highest BCUT2D eigenvalue weighted by molar-refractivity contribution is 5.96. The monoisotopic (exact) mass is 424 g/mol. The summed E-state index contributed by atoms with van der Waals surface area (Å²) in [6.45, 7) is 0. The molecule has 32 heavy (non-hydrogen) atoms. The summed E-state index contributed by atoms with van der Waals surface area (Å²) in [5.41, 5.74) is 3.57. The molecule has 2 N–H and O–H groups in total. The number of anilines is 2. The molecule has 1 amide bonds. The van der Waals surface area contributed by atoms with Gasteiger partial charge in [-0.2, -0.15) is 0 Å². The van der Waals surface area contributed by atoms with Crippen molar-refractivity contribution in [3.63, 3.8) is 0 Å². The van der Waals surface area contributed by atoms with Crippen LogP contribution >= 0.6 is 0 Å². The van der Waals surface area contributed by atoms with Gasteiger partial charge in [0.25, 0.3) is 5.91 Å². The highest BCUT2D eigenvalue weighted by Gasteiger charge is 2.45. The molecule has 158 valence electrons. The average Bonchev–Trinajstić information content (AvgIpc) is 3.61. The predicted molar refractivity (Wildman–Crippen MR) is 122 cm³/mol. The molecule has 0 aliphatic heterocycles. The Hall–Kier alpha value is -4.06. The number of halogens is 1. The number of carbonyl (C=O) groups excluding carboxylic acids is 1. The second-order valence-electron chi connectivity index (χ2n) is 7.91. The molecule has 1 saturated carbocycles. The minimum Gasteiger partial charge on any atom is -0.343 e. The van der Waals surface area contributed by atoms with E-state index in [0.717, 1.165) is 24.0 Å². The molecule has 1 aliphatic carbocycles. The lowest BCUT2D eigenvalue weighted by atomic mass is 10.0. The van der Waals surface area contributed by atoms with Gasteiger partial charge in [-0.05, 0) is 54.3 Å². The minimum atomic E-state index is -0.306. The summed E-state index contributed by atoms with van der Waals surface area (Å²) >= 11 is 0. The fourth-order valence-corrected chi connectivity index (χ4v) is 3.73. The molecule has 1 fully saturated rings. The smallest absolute Gasteiger partial charge is 0.252 e. The van der Waals surface area contributed by atoms with E-state index in [1.54, 1.807) is 36.7 Å². The van der Waals surface area contributed by atoms with Gasteiger partial charge in [-0.25, -0.2) is 14.4 Å².